The minimum absolute atomic E-state index is 0.00820. The number of aromatic hydroxyl groups is 1. The number of carboxylic acids is 1. The summed E-state index contributed by atoms with van der Waals surface area (Å²) in [6.07, 6.45) is 3.17. The van der Waals surface area contributed by atoms with E-state index in [1.165, 1.54) is 31.6 Å². The van der Waals surface area contributed by atoms with Crippen LogP contribution in [-0.4, -0.2) is 68.0 Å². The van der Waals surface area contributed by atoms with E-state index in [1.54, 1.807) is 12.1 Å². The van der Waals surface area contributed by atoms with Crippen LogP contribution in [0.15, 0.2) is 36.8 Å². The Labute approximate surface area is 209 Å². The summed E-state index contributed by atoms with van der Waals surface area (Å²) >= 11 is 0. The zero-order chi connectivity index (χ0) is 26.8. The van der Waals surface area contributed by atoms with Gasteiger partial charge in [0, 0.05) is 24.7 Å². The Kier molecular flexibility index (Phi) is 10.4. The fourth-order valence-corrected chi connectivity index (χ4v) is 3.44. The molecule has 1 aromatic heterocycles. The number of nitrogens with two attached hydrogens (primary N) is 1. The summed E-state index contributed by atoms with van der Waals surface area (Å²) in [6, 6.07) is 1.92. The summed E-state index contributed by atoms with van der Waals surface area (Å²) in [7, 11) is 0. The van der Waals surface area contributed by atoms with Crippen LogP contribution in [-0.2, 0) is 32.0 Å². The number of aromatic amines is 1. The molecule has 12 heteroatoms. The van der Waals surface area contributed by atoms with Crippen molar-refractivity contribution in [3.63, 3.8) is 0 Å². The molecule has 2 aromatic rings. The van der Waals surface area contributed by atoms with Crippen molar-refractivity contribution in [2.75, 3.05) is 0 Å². The molecule has 0 saturated heterocycles. The number of carbonyl (C=O) groups excluding carboxylic acids is 3. The minimum atomic E-state index is -1.24. The second-order valence-corrected chi connectivity index (χ2v) is 9.09. The Morgan fingerprint density at radius 1 is 0.917 bits per heavy atom. The van der Waals surface area contributed by atoms with E-state index in [0.717, 1.165) is 0 Å². The van der Waals surface area contributed by atoms with Crippen molar-refractivity contribution in [3.05, 3.63) is 48.0 Å². The monoisotopic (exact) mass is 502 g/mol. The molecular weight excluding hydrogens is 468 g/mol. The predicted octanol–water partition coefficient (Wildman–Crippen LogP) is -0.167. The van der Waals surface area contributed by atoms with Crippen molar-refractivity contribution in [1.29, 1.82) is 0 Å². The second-order valence-electron chi connectivity index (χ2n) is 9.09. The third-order valence-electron chi connectivity index (χ3n) is 5.36. The first-order chi connectivity index (χ1) is 17.0. The molecule has 1 heterocycles. The molecule has 196 valence electrons. The van der Waals surface area contributed by atoms with Gasteiger partial charge in [-0.05, 0) is 37.0 Å². The van der Waals surface area contributed by atoms with E-state index in [-0.39, 0.29) is 30.9 Å². The van der Waals surface area contributed by atoms with Crippen LogP contribution in [0, 0.1) is 5.92 Å². The maximum Gasteiger partial charge on any atom is 0.326 e. The Balaban J connectivity index is 2.19. The lowest BCUT2D eigenvalue weighted by Crippen LogP contribution is -2.57. The van der Waals surface area contributed by atoms with Gasteiger partial charge in [0.05, 0.1) is 12.4 Å². The topological polar surface area (TPSA) is 200 Å². The normalized spacial score (nSPS) is 14.4. The fourth-order valence-electron chi connectivity index (χ4n) is 3.44. The number of phenolic OH excluding ortho intramolecular Hbond substituents is 1. The SMILES string of the molecule is CC(C)C[C@H](NC(=O)[C@H](Cc1ccc(O)cc1)NC(=O)[C@H](C)N)C(=O)N[C@@H](Cc1cnc[nH]1)C(=O)O. The van der Waals surface area contributed by atoms with Gasteiger partial charge in [0.1, 0.15) is 23.9 Å². The number of H-pyrrole nitrogens is 1. The maximum absolute atomic E-state index is 13.2. The van der Waals surface area contributed by atoms with Gasteiger partial charge in [-0.25, -0.2) is 9.78 Å². The van der Waals surface area contributed by atoms with Crippen LogP contribution in [0.2, 0.25) is 0 Å². The summed E-state index contributed by atoms with van der Waals surface area (Å²) in [5.74, 6) is -3.03. The molecule has 0 fully saturated rings. The number of phenols is 1. The number of imidazole rings is 1. The van der Waals surface area contributed by atoms with Crippen LogP contribution in [0.5, 0.6) is 5.75 Å². The van der Waals surface area contributed by atoms with Gasteiger partial charge in [-0.15, -0.1) is 0 Å². The Morgan fingerprint density at radius 2 is 1.50 bits per heavy atom. The Hall–Kier alpha value is -3.93. The summed E-state index contributed by atoms with van der Waals surface area (Å²) in [4.78, 5) is 56.9. The first kappa shape index (κ1) is 28.3. The molecule has 0 aliphatic rings. The van der Waals surface area contributed by atoms with E-state index in [9.17, 15) is 29.4 Å². The zero-order valence-electron chi connectivity index (χ0n) is 20.5. The molecule has 0 aliphatic carbocycles. The molecule has 36 heavy (non-hydrogen) atoms. The maximum atomic E-state index is 13.2. The average Bonchev–Trinajstić information content (AvgIpc) is 3.31. The van der Waals surface area contributed by atoms with Crippen molar-refractivity contribution in [2.45, 2.75) is 64.2 Å². The molecule has 0 radical (unpaired) electrons. The molecule has 0 unspecified atom stereocenters. The van der Waals surface area contributed by atoms with Gasteiger partial charge in [0.15, 0.2) is 0 Å². The fraction of sp³-hybridized carbons (Fsp3) is 0.458. The quantitative estimate of drug-likeness (QED) is 0.196. The number of nitrogens with zero attached hydrogens (tertiary/aromatic N) is 1. The average molecular weight is 503 g/mol. The highest BCUT2D eigenvalue weighted by Crippen LogP contribution is 2.13. The summed E-state index contributed by atoms with van der Waals surface area (Å²) in [5.41, 5.74) is 6.84. The molecular formula is C24H34N6O6. The van der Waals surface area contributed by atoms with Crippen LogP contribution in [0.4, 0.5) is 0 Å². The molecule has 1 aromatic carbocycles. The van der Waals surface area contributed by atoms with E-state index in [2.05, 4.69) is 25.9 Å². The number of amides is 3. The van der Waals surface area contributed by atoms with Gasteiger partial charge < -0.3 is 36.9 Å². The lowest BCUT2D eigenvalue weighted by molar-refractivity contribution is -0.142. The smallest absolute Gasteiger partial charge is 0.326 e. The van der Waals surface area contributed by atoms with E-state index < -0.39 is 47.9 Å². The second kappa shape index (κ2) is 13.2. The number of aromatic nitrogens is 2. The number of rotatable bonds is 13. The predicted molar refractivity (Wildman–Crippen MR) is 131 cm³/mol. The number of aliphatic carboxylic acids is 1. The number of benzene rings is 1. The van der Waals surface area contributed by atoms with E-state index >= 15 is 0 Å². The van der Waals surface area contributed by atoms with Crippen molar-refractivity contribution >= 4 is 23.7 Å². The van der Waals surface area contributed by atoms with Crippen molar-refractivity contribution in [2.24, 2.45) is 11.7 Å². The van der Waals surface area contributed by atoms with E-state index in [4.69, 9.17) is 5.73 Å². The number of carbonyl (C=O) groups is 4. The Bertz CT molecular complexity index is 1020. The first-order valence-electron chi connectivity index (χ1n) is 11.6. The van der Waals surface area contributed by atoms with Crippen LogP contribution in [0.3, 0.4) is 0 Å². The third-order valence-corrected chi connectivity index (χ3v) is 5.36. The van der Waals surface area contributed by atoms with Crippen molar-refractivity contribution in [3.8, 4) is 5.75 Å². The van der Waals surface area contributed by atoms with E-state index in [1.807, 2.05) is 13.8 Å². The molecule has 12 nitrogen and oxygen atoms in total. The number of hydrogen-bond acceptors (Lipinski definition) is 7. The van der Waals surface area contributed by atoms with Crippen molar-refractivity contribution < 1.29 is 29.4 Å². The summed E-state index contributed by atoms with van der Waals surface area (Å²) in [5, 5.41) is 26.8. The number of nitrogens with one attached hydrogen (secondary N) is 4. The third kappa shape index (κ3) is 9.02. The number of carboxylic acid groups (broad SMARTS) is 1. The molecule has 0 aliphatic heterocycles. The highest BCUT2D eigenvalue weighted by molar-refractivity contribution is 5.94. The van der Waals surface area contributed by atoms with Gasteiger partial charge in [0.2, 0.25) is 17.7 Å². The molecule has 3 amide bonds. The first-order valence-corrected chi connectivity index (χ1v) is 11.6. The minimum Gasteiger partial charge on any atom is -0.508 e. The van der Waals surface area contributed by atoms with Crippen molar-refractivity contribution in [1.82, 2.24) is 25.9 Å². The molecule has 8 N–H and O–H groups in total. The van der Waals surface area contributed by atoms with Crippen LogP contribution < -0.4 is 21.7 Å². The Morgan fingerprint density at radius 3 is 2.03 bits per heavy atom. The lowest BCUT2D eigenvalue weighted by atomic mass is 10.00. The van der Waals surface area contributed by atoms with Crippen LogP contribution in [0.25, 0.3) is 0 Å². The lowest BCUT2D eigenvalue weighted by Gasteiger charge is -2.26. The zero-order valence-corrected chi connectivity index (χ0v) is 20.5. The van der Waals surface area contributed by atoms with Crippen LogP contribution >= 0.6 is 0 Å². The standard InChI is InChI=1S/C24H34N6O6/c1-13(2)8-18(22(33)30-20(24(35)36)10-16-11-26-12-27-16)29-23(34)19(28-21(32)14(3)25)9-15-4-6-17(31)7-5-15/h4-7,11-14,18-20,31H,8-10,25H2,1-3H3,(H,26,27)(H,28,32)(H,29,34)(H,30,33)(H,35,36)/t14-,18-,19-,20-/m0/s1. The van der Waals surface area contributed by atoms with Gasteiger partial charge in [-0.2, -0.15) is 0 Å². The highest BCUT2D eigenvalue weighted by atomic mass is 16.4. The summed E-state index contributed by atoms with van der Waals surface area (Å²) in [6.45, 7) is 5.20. The molecule has 2 rings (SSSR count). The molecule has 0 bridgehead atoms. The van der Waals surface area contributed by atoms with Gasteiger partial charge in [-0.1, -0.05) is 26.0 Å². The van der Waals surface area contributed by atoms with E-state index in [0.29, 0.717) is 11.3 Å². The summed E-state index contributed by atoms with van der Waals surface area (Å²) < 4.78 is 0. The van der Waals surface area contributed by atoms with Gasteiger partial charge in [0.25, 0.3) is 0 Å². The molecule has 0 saturated carbocycles. The van der Waals surface area contributed by atoms with Crippen LogP contribution in [0.1, 0.15) is 38.4 Å². The molecule has 4 atom stereocenters. The van der Waals surface area contributed by atoms with Gasteiger partial charge >= 0.3 is 5.97 Å². The van der Waals surface area contributed by atoms with Gasteiger partial charge in [-0.3, -0.25) is 14.4 Å². The highest BCUT2D eigenvalue weighted by Gasteiger charge is 2.30. The number of hydrogen-bond donors (Lipinski definition) is 7. The molecule has 0 spiro atoms. The largest absolute Gasteiger partial charge is 0.508 e.